The molecule has 0 bridgehead atoms. The summed E-state index contributed by atoms with van der Waals surface area (Å²) in [4.78, 5) is 22.4. The van der Waals surface area contributed by atoms with Crippen LogP contribution in [0.5, 0.6) is 0 Å². The molecule has 0 radical (unpaired) electrons. The topological polar surface area (TPSA) is 35.9 Å². The van der Waals surface area contributed by atoms with Crippen LogP contribution in [0.1, 0.15) is 81.6 Å². The maximum Gasteiger partial charge on any atom is 0.222 e. The summed E-state index contributed by atoms with van der Waals surface area (Å²) in [7, 11) is 0. The number of carbonyl (C=O) groups is 1. The summed E-state index contributed by atoms with van der Waals surface area (Å²) in [5.74, 6) is 1.53. The Bertz CT molecular complexity index is 682. The van der Waals surface area contributed by atoms with Gasteiger partial charge in [-0.2, -0.15) is 0 Å². The van der Waals surface area contributed by atoms with Gasteiger partial charge in [0.15, 0.2) is 0 Å². The highest BCUT2D eigenvalue weighted by molar-refractivity contribution is 5.91. The Morgan fingerprint density at radius 3 is 2.04 bits per heavy atom. The summed E-state index contributed by atoms with van der Waals surface area (Å²) in [6, 6.07) is 0.477. The van der Waals surface area contributed by atoms with Crippen LogP contribution in [0, 0.1) is 16.2 Å². The summed E-state index contributed by atoms with van der Waals surface area (Å²) in [5, 5.41) is 0. The van der Waals surface area contributed by atoms with Gasteiger partial charge >= 0.3 is 0 Å². The molecular formula is C23H39N3O. The van der Waals surface area contributed by atoms with Gasteiger partial charge in [0.2, 0.25) is 5.91 Å². The Kier molecular flexibility index (Phi) is 4.80. The number of nitrogens with zero attached hydrogens (tertiary/aromatic N) is 3. The number of hydrogen-bond acceptors (Lipinski definition) is 3. The van der Waals surface area contributed by atoms with E-state index in [1.807, 2.05) is 0 Å². The molecule has 0 aromatic carbocycles. The van der Waals surface area contributed by atoms with E-state index in [9.17, 15) is 4.79 Å². The first-order valence-electron chi connectivity index (χ1n) is 10.6. The third kappa shape index (κ3) is 3.69. The van der Waals surface area contributed by atoms with Crippen LogP contribution in [0.3, 0.4) is 0 Å². The Hall–Kier alpha value is -1.32. The zero-order chi connectivity index (χ0) is 20.4. The second-order valence-corrected chi connectivity index (χ2v) is 11.7. The number of likely N-dealkylation sites (tertiary alicyclic amines) is 1. The first-order valence-corrected chi connectivity index (χ1v) is 10.6. The van der Waals surface area contributed by atoms with E-state index >= 15 is 0 Å². The molecule has 4 nitrogen and oxygen atoms in total. The van der Waals surface area contributed by atoms with Gasteiger partial charge in [-0.1, -0.05) is 62.3 Å². The predicted molar refractivity (Wildman–Crippen MR) is 113 cm³/mol. The minimum atomic E-state index is -0.0118. The van der Waals surface area contributed by atoms with Crippen LogP contribution in [0.4, 0.5) is 0 Å². The van der Waals surface area contributed by atoms with Crippen molar-refractivity contribution in [3.63, 3.8) is 0 Å². The van der Waals surface area contributed by atoms with Crippen molar-refractivity contribution in [1.29, 1.82) is 0 Å². The molecule has 0 aromatic rings. The first kappa shape index (κ1) is 20.4. The summed E-state index contributed by atoms with van der Waals surface area (Å²) in [5.41, 5.74) is 3.02. The standard InChI is InChI=1S/C23H39N3O/c1-21(2,3)18-16-13-15(25-12-10-11-17(25)27)14-26(16)20(23(7,8)9)24-19(18)22(4,5)6/h15,19H,10-14H2,1-9H3. The molecule has 27 heavy (non-hydrogen) atoms. The maximum atomic E-state index is 12.4. The van der Waals surface area contributed by atoms with Crippen molar-refractivity contribution in [2.24, 2.45) is 21.2 Å². The molecule has 0 saturated carbocycles. The van der Waals surface area contributed by atoms with Gasteiger partial charge in [-0.05, 0) is 22.8 Å². The normalized spacial score (nSPS) is 27.4. The van der Waals surface area contributed by atoms with Gasteiger partial charge in [0.25, 0.3) is 0 Å². The van der Waals surface area contributed by atoms with Gasteiger partial charge in [0.05, 0.1) is 12.1 Å². The lowest BCUT2D eigenvalue weighted by Gasteiger charge is -2.45. The second kappa shape index (κ2) is 6.35. The van der Waals surface area contributed by atoms with Gasteiger partial charge in [-0.15, -0.1) is 0 Å². The van der Waals surface area contributed by atoms with Crippen molar-refractivity contribution < 1.29 is 4.79 Å². The van der Waals surface area contributed by atoms with Crippen LogP contribution in [0.25, 0.3) is 0 Å². The fourth-order valence-corrected chi connectivity index (χ4v) is 4.93. The first-order chi connectivity index (χ1) is 12.2. The van der Waals surface area contributed by atoms with Crippen molar-refractivity contribution >= 4 is 11.7 Å². The van der Waals surface area contributed by atoms with E-state index in [0.29, 0.717) is 18.4 Å². The highest BCUT2D eigenvalue weighted by Crippen LogP contribution is 2.48. The molecule has 2 unspecified atom stereocenters. The Morgan fingerprint density at radius 2 is 1.59 bits per heavy atom. The average molecular weight is 374 g/mol. The summed E-state index contributed by atoms with van der Waals surface area (Å²) in [6.07, 6.45) is 2.69. The highest BCUT2D eigenvalue weighted by Gasteiger charge is 2.48. The zero-order valence-electron chi connectivity index (χ0n) is 18.9. The molecule has 0 aliphatic carbocycles. The minimum absolute atomic E-state index is 0.0118. The lowest BCUT2D eigenvalue weighted by atomic mass is 9.70. The molecule has 3 aliphatic rings. The van der Waals surface area contributed by atoms with E-state index in [4.69, 9.17) is 4.99 Å². The Balaban J connectivity index is 2.12. The molecule has 2 atom stereocenters. The van der Waals surface area contributed by atoms with Crippen molar-refractivity contribution in [1.82, 2.24) is 9.80 Å². The number of aliphatic imine (C=N–C) groups is 1. The quantitative estimate of drug-likeness (QED) is 0.658. The number of rotatable bonds is 1. The van der Waals surface area contributed by atoms with E-state index < -0.39 is 0 Å². The van der Waals surface area contributed by atoms with Crippen molar-refractivity contribution in [3.8, 4) is 0 Å². The van der Waals surface area contributed by atoms with E-state index in [0.717, 1.165) is 25.9 Å². The van der Waals surface area contributed by atoms with E-state index in [1.54, 1.807) is 0 Å². The van der Waals surface area contributed by atoms with Crippen molar-refractivity contribution in [2.45, 2.75) is 93.7 Å². The zero-order valence-corrected chi connectivity index (χ0v) is 18.9. The third-order valence-electron chi connectivity index (χ3n) is 6.09. The lowest BCUT2D eigenvalue weighted by Crippen LogP contribution is -2.47. The van der Waals surface area contributed by atoms with Crippen molar-refractivity contribution in [3.05, 3.63) is 11.3 Å². The summed E-state index contributed by atoms with van der Waals surface area (Å²) >= 11 is 0. The molecule has 2 fully saturated rings. The smallest absolute Gasteiger partial charge is 0.222 e. The molecule has 3 heterocycles. The number of amidine groups is 1. The van der Waals surface area contributed by atoms with Gasteiger partial charge in [0.1, 0.15) is 5.84 Å². The fourth-order valence-electron chi connectivity index (χ4n) is 4.93. The van der Waals surface area contributed by atoms with Crippen LogP contribution in [-0.2, 0) is 4.79 Å². The van der Waals surface area contributed by atoms with Crippen LogP contribution in [0.15, 0.2) is 16.3 Å². The highest BCUT2D eigenvalue weighted by atomic mass is 16.2. The number of carbonyl (C=O) groups excluding carboxylic acids is 1. The van der Waals surface area contributed by atoms with Crippen molar-refractivity contribution in [2.75, 3.05) is 13.1 Å². The number of fused-ring (bicyclic) bond motifs is 1. The number of hydrogen-bond donors (Lipinski definition) is 0. The molecule has 2 saturated heterocycles. The predicted octanol–water partition coefficient (Wildman–Crippen LogP) is 4.86. The van der Waals surface area contributed by atoms with Crippen LogP contribution in [-0.4, -0.2) is 46.7 Å². The molecule has 0 aromatic heterocycles. The Labute approximate surface area is 166 Å². The fraction of sp³-hybridized carbons (Fsp3) is 0.826. The molecule has 1 amide bonds. The summed E-state index contributed by atoms with van der Waals surface area (Å²) < 4.78 is 0. The molecule has 152 valence electrons. The molecule has 3 rings (SSSR count). The lowest BCUT2D eigenvalue weighted by molar-refractivity contribution is -0.129. The molecular weight excluding hydrogens is 334 g/mol. The van der Waals surface area contributed by atoms with E-state index in [1.165, 1.54) is 17.1 Å². The van der Waals surface area contributed by atoms with Gasteiger partial charge in [0, 0.05) is 37.0 Å². The number of amides is 1. The van der Waals surface area contributed by atoms with Crippen LogP contribution in [0.2, 0.25) is 0 Å². The minimum Gasteiger partial charge on any atom is -0.338 e. The SMILES string of the molecule is CC(C)(C)C1=NC(C(C)(C)C)C(C(C)(C)C)=C2CC(N3CCCC3=O)CN12. The Morgan fingerprint density at radius 1 is 0.963 bits per heavy atom. The summed E-state index contributed by atoms with van der Waals surface area (Å²) in [6.45, 7) is 22.5. The molecule has 0 N–H and O–H groups in total. The maximum absolute atomic E-state index is 12.4. The third-order valence-corrected chi connectivity index (χ3v) is 6.09. The van der Waals surface area contributed by atoms with Crippen LogP contribution >= 0.6 is 0 Å². The molecule has 3 aliphatic heterocycles. The average Bonchev–Trinajstić information content (AvgIpc) is 3.07. The molecule has 0 spiro atoms. The van der Waals surface area contributed by atoms with Gasteiger partial charge < -0.3 is 9.80 Å². The second-order valence-electron chi connectivity index (χ2n) is 11.7. The largest absolute Gasteiger partial charge is 0.338 e. The monoisotopic (exact) mass is 373 g/mol. The molecule has 4 heteroatoms. The van der Waals surface area contributed by atoms with Gasteiger partial charge in [-0.25, -0.2) is 0 Å². The van der Waals surface area contributed by atoms with E-state index in [2.05, 4.69) is 72.1 Å². The van der Waals surface area contributed by atoms with E-state index in [-0.39, 0.29) is 22.3 Å². The van der Waals surface area contributed by atoms with Crippen LogP contribution < -0.4 is 0 Å². The van der Waals surface area contributed by atoms with Gasteiger partial charge in [-0.3, -0.25) is 9.79 Å².